The number of fused-ring (bicyclic) bond motifs is 3. The highest BCUT2D eigenvalue weighted by Crippen LogP contribution is 2.51. The molecule has 1 aromatic carbocycles. The molecule has 1 nitrogen and oxygen atoms in total. The molecule has 0 saturated carbocycles. The molecule has 0 N–H and O–H groups in total. The highest BCUT2D eigenvalue weighted by Gasteiger charge is 2.48. The molecule has 1 saturated heterocycles. The van der Waals surface area contributed by atoms with E-state index in [1.807, 2.05) is 0 Å². The van der Waals surface area contributed by atoms with Crippen LogP contribution in [0.1, 0.15) is 42.6 Å². The summed E-state index contributed by atoms with van der Waals surface area (Å²) >= 11 is 0. The second kappa shape index (κ2) is 2.36. The third kappa shape index (κ3) is 0.969. The minimum absolute atomic E-state index is 0.452. The van der Waals surface area contributed by atoms with Crippen molar-refractivity contribution in [2.24, 2.45) is 0 Å². The maximum atomic E-state index is 5.57. The lowest BCUT2D eigenvalue weighted by Crippen LogP contribution is -1.96. The molecule has 1 heteroatoms. The summed E-state index contributed by atoms with van der Waals surface area (Å²) in [5.74, 6) is 0.623. The monoisotopic (exact) mass is 174 g/mol. The molecule has 1 aliphatic carbocycles. The van der Waals surface area contributed by atoms with Gasteiger partial charge in [-0.25, -0.2) is 0 Å². The van der Waals surface area contributed by atoms with Gasteiger partial charge in [0.1, 0.15) is 6.10 Å². The lowest BCUT2D eigenvalue weighted by atomic mass is 9.94. The summed E-state index contributed by atoms with van der Waals surface area (Å²) in [5, 5.41) is 0. The standard InChI is InChI=1S/C12H14O/c1-7(2)9-5-3-4-8-6-10-12(13-10)11(8)9/h3-5,7,10,12H,6H2,1-2H3/t10-,12-/m1/s1. The Hall–Kier alpha value is -0.820. The summed E-state index contributed by atoms with van der Waals surface area (Å²) in [4.78, 5) is 0. The molecule has 13 heavy (non-hydrogen) atoms. The first kappa shape index (κ1) is 7.57. The van der Waals surface area contributed by atoms with Gasteiger partial charge in [0.25, 0.3) is 0 Å². The van der Waals surface area contributed by atoms with E-state index in [4.69, 9.17) is 4.74 Å². The van der Waals surface area contributed by atoms with E-state index in [1.54, 1.807) is 0 Å². The van der Waals surface area contributed by atoms with Crippen LogP contribution in [0.2, 0.25) is 0 Å². The number of ether oxygens (including phenoxy) is 1. The van der Waals surface area contributed by atoms with Crippen molar-refractivity contribution in [1.82, 2.24) is 0 Å². The van der Waals surface area contributed by atoms with Crippen LogP contribution in [-0.2, 0) is 11.2 Å². The molecule has 1 heterocycles. The largest absolute Gasteiger partial charge is 0.364 e. The molecule has 1 aliphatic heterocycles. The van der Waals surface area contributed by atoms with Crippen molar-refractivity contribution in [2.45, 2.75) is 38.4 Å². The number of epoxide rings is 1. The summed E-state index contributed by atoms with van der Waals surface area (Å²) in [7, 11) is 0. The summed E-state index contributed by atoms with van der Waals surface area (Å²) in [6.07, 6.45) is 2.11. The van der Waals surface area contributed by atoms with Crippen LogP contribution in [0.25, 0.3) is 0 Å². The lowest BCUT2D eigenvalue weighted by molar-refractivity contribution is 0.359. The highest BCUT2D eigenvalue weighted by atomic mass is 16.6. The van der Waals surface area contributed by atoms with Crippen molar-refractivity contribution in [3.8, 4) is 0 Å². The van der Waals surface area contributed by atoms with Gasteiger partial charge in [-0.3, -0.25) is 0 Å². The van der Waals surface area contributed by atoms with E-state index in [2.05, 4.69) is 32.0 Å². The van der Waals surface area contributed by atoms with Gasteiger partial charge in [-0.1, -0.05) is 32.0 Å². The molecule has 68 valence electrons. The van der Waals surface area contributed by atoms with Crippen LogP contribution in [0.3, 0.4) is 0 Å². The first-order valence-electron chi connectivity index (χ1n) is 5.04. The van der Waals surface area contributed by atoms with Crippen molar-refractivity contribution >= 4 is 0 Å². The van der Waals surface area contributed by atoms with Gasteiger partial charge >= 0.3 is 0 Å². The van der Waals surface area contributed by atoms with Gasteiger partial charge in [-0.2, -0.15) is 0 Å². The Labute approximate surface area is 78.7 Å². The predicted octanol–water partition coefficient (Wildman–Crippen LogP) is 2.81. The highest BCUT2D eigenvalue weighted by molar-refractivity contribution is 5.46. The molecule has 0 spiro atoms. The van der Waals surface area contributed by atoms with E-state index in [-0.39, 0.29) is 0 Å². The zero-order valence-corrected chi connectivity index (χ0v) is 8.08. The molecule has 1 aromatic rings. The summed E-state index contributed by atoms with van der Waals surface area (Å²) in [6.45, 7) is 4.51. The van der Waals surface area contributed by atoms with Crippen molar-refractivity contribution in [3.63, 3.8) is 0 Å². The Kier molecular flexibility index (Phi) is 1.37. The summed E-state index contributed by atoms with van der Waals surface area (Å²) in [5.41, 5.74) is 4.51. The molecule has 0 aromatic heterocycles. The maximum absolute atomic E-state index is 5.57. The Morgan fingerprint density at radius 2 is 2.23 bits per heavy atom. The molecule has 0 bridgehead atoms. The van der Waals surface area contributed by atoms with E-state index in [9.17, 15) is 0 Å². The fraction of sp³-hybridized carbons (Fsp3) is 0.500. The Balaban J connectivity index is 2.16. The normalized spacial score (nSPS) is 28.8. The quantitative estimate of drug-likeness (QED) is 0.596. The Morgan fingerprint density at radius 1 is 1.38 bits per heavy atom. The number of hydrogen-bond donors (Lipinski definition) is 0. The smallest absolute Gasteiger partial charge is 0.110 e. The van der Waals surface area contributed by atoms with Crippen molar-refractivity contribution in [1.29, 1.82) is 0 Å². The molecule has 1 fully saturated rings. The Bertz CT molecular complexity index is 354. The first-order valence-corrected chi connectivity index (χ1v) is 5.04. The molecule has 0 amide bonds. The van der Waals surface area contributed by atoms with Crippen LogP contribution in [0.15, 0.2) is 18.2 Å². The second-order valence-corrected chi connectivity index (χ2v) is 4.37. The zero-order chi connectivity index (χ0) is 9.00. The van der Waals surface area contributed by atoms with Crippen LogP contribution in [0, 0.1) is 0 Å². The molecule has 0 radical (unpaired) electrons. The van der Waals surface area contributed by atoms with Gasteiger partial charge in [0.05, 0.1) is 6.10 Å². The van der Waals surface area contributed by atoms with Gasteiger partial charge < -0.3 is 4.74 Å². The van der Waals surface area contributed by atoms with Crippen LogP contribution < -0.4 is 0 Å². The van der Waals surface area contributed by atoms with Gasteiger partial charge in [-0.05, 0) is 22.6 Å². The first-order chi connectivity index (χ1) is 6.27. The minimum Gasteiger partial charge on any atom is -0.364 e. The molecule has 0 unspecified atom stereocenters. The fourth-order valence-electron chi connectivity index (χ4n) is 2.43. The predicted molar refractivity (Wildman–Crippen MR) is 51.8 cm³/mol. The van der Waals surface area contributed by atoms with Crippen LogP contribution in [0.4, 0.5) is 0 Å². The lowest BCUT2D eigenvalue weighted by Gasteiger charge is -2.12. The van der Waals surface area contributed by atoms with Crippen molar-refractivity contribution in [2.75, 3.05) is 0 Å². The van der Waals surface area contributed by atoms with Gasteiger partial charge in [0, 0.05) is 6.42 Å². The topological polar surface area (TPSA) is 12.5 Å². The molecule has 3 rings (SSSR count). The molecular weight excluding hydrogens is 160 g/mol. The molecular formula is C12H14O. The fourth-order valence-corrected chi connectivity index (χ4v) is 2.43. The summed E-state index contributed by atoms with van der Waals surface area (Å²) < 4.78 is 5.57. The third-order valence-electron chi connectivity index (χ3n) is 3.14. The second-order valence-electron chi connectivity index (χ2n) is 4.37. The number of hydrogen-bond acceptors (Lipinski definition) is 1. The third-order valence-corrected chi connectivity index (χ3v) is 3.14. The van der Waals surface area contributed by atoms with E-state index in [0.717, 1.165) is 6.42 Å². The van der Waals surface area contributed by atoms with Gasteiger partial charge in [-0.15, -0.1) is 0 Å². The minimum atomic E-state index is 0.452. The molecule has 2 atom stereocenters. The Morgan fingerprint density at radius 3 is 3.00 bits per heavy atom. The maximum Gasteiger partial charge on any atom is 0.110 e. The van der Waals surface area contributed by atoms with E-state index >= 15 is 0 Å². The average Bonchev–Trinajstić information content (AvgIpc) is 2.77. The van der Waals surface area contributed by atoms with Crippen LogP contribution >= 0.6 is 0 Å². The summed E-state index contributed by atoms with van der Waals surface area (Å²) in [6, 6.07) is 6.67. The van der Waals surface area contributed by atoms with Crippen molar-refractivity contribution in [3.05, 3.63) is 34.9 Å². The van der Waals surface area contributed by atoms with Gasteiger partial charge in [0.15, 0.2) is 0 Å². The van der Waals surface area contributed by atoms with E-state index < -0.39 is 0 Å². The average molecular weight is 174 g/mol. The van der Waals surface area contributed by atoms with Crippen LogP contribution in [0.5, 0.6) is 0 Å². The van der Waals surface area contributed by atoms with Crippen molar-refractivity contribution < 1.29 is 4.74 Å². The van der Waals surface area contributed by atoms with E-state index in [0.29, 0.717) is 18.1 Å². The van der Waals surface area contributed by atoms with Gasteiger partial charge in [0.2, 0.25) is 0 Å². The number of rotatable bonds is 1. The number of benzene rings is 1. The van der Waals surface area contributed by atoms with E-state index in [1.165, 1.54) is 16.7 Å². The SMILES string of the molecule is CC(C)c1cccc2c1[C@@H]1O[C@@H]1C2. The van der Waals surface area contributed by atoms with Crippen LogP contribution in [-0.4, -0.2) is 6.10 Å². The molecule has 2 aliphatic rings. The zero-order valence-electron chi connectivity index (χ0n) is 8.08.